The van der Waals surface area contributed by atoms with Crippen LogP contribution in [0.4, 0.5) is 5.69 Å². The first kappa shape index (κ1) is 21.9. The van der Waals surface area contributed by atoms with Crippen molar-refractivity contribution in [3.8, 4) is 11.5 Å². The number of ether oxygens (including phenoxy) is 2. The van der Waals surface area contributed by atoms with E-state index in [2.05, 4.69) is 58.4 Å². The summed E-state index contributed by atoms with van der Waals surface area (Å²) in [7, 11) is 3.15. The van der Waals surface area contributed by atoms with E-state index in [9.17, 15) is 4.79 Å². The molecule has 0 aromatic heterocycles. The molecule has 0 saturated heterocycles. The Bertz CT molecular complexity index is 904. The molecule has 0 saturated carbocycles. The van der Waals surface area contributed by atoms with Gasteiger partial charge in [-0.3, -0.25) is 10.1 Å². The van der Waals surface area contributed by atoms with E-state index in [4.69, 9.17) is 21.7 Å². The highest BCUT2D eigenvalue weighted by atomic mass is 79.9. The van der Waals surface area contributed by atoms with Gasteiger partial charge in [-0.05, 0) is 80.5 Å². The van der Waals surface area contributed by atoms with Crippen molar-refractivity contribution >= 4 is 82.8 Å². The molecule has 2 aromatic carbocycles. The molecule has 0 aliphatic heterocycles. The summed E-state index contributed by atoms with van der Waals surface area (Å²) in [6.07, 6.45) is 3.03. The minimum absolute atomic E-state index is 0.184. The van der Waals surface area contributed by atoms with Crippen LogP contribution in [0.25, 0.3) is 6.08 Å². The molecule has 0 atom stereocenters. The van der Waals surface area contributed by atoms with Gasteiger partial charge in [0.1, 0.15) is 11.5 Å². The van der Waals surface area contributed by atoms with Crippen LogP contribution >= 0.6 is 60.0 Å². The topological polar surface area (TPSA) is 59.6 Å². The van der Waals surface area contributed by atoms with Crippen molar-refractivity contribution in [1.29, 1.82) is 0 Å². The minimum Gasteiger partial charge on any atom is -0.496 e. The Hall–Kier alpha value is -1.42. The molecule has 0 unspecified atom stereocenters. The van der Waals surface area contributed by atoms with E-state index >= 15 is 0 Å². The molecule has 0 radical (unpaired) electrons. The van der Waals surface area contributed by atoms with E-state index in [-0.39, 0.29) is 11.0 Å². The zero-order valence-corrected chi connectivity index (χ0v) is 19.9. The number of hydrogen-bond donors (Lipinski definition) is 2. The SMILES string of the molecule is COc1ccc(NC(=S)NC(=O)/C=C/c2cc(Br)cc(Br)c2OC)cc1Br. The van der Waals surface area contributed by atoms with Gasteiger partial charge in [-0.1, -0.05) is 15.9 Å². The number of carbonyl (C=O) groups is 1. The molecule has 0 fully saturated rings. The van der Waals surface area contributed by atoms with E-state index in [1.807, 2.05) is 12.1 Å². The number of carbonyl (C=O) groups excluding carboxylic acids is 1. The van der Waals surface area contributed by atoms with Crippen molar-refractivity contribution in [2.75, 3.05) is 19.5 Å². The number of nitrogens with one attached hydrogen (secondary N) is 2. The number of anilines is 1. The molecule has 27 heavy (non-hydrogen) atoms. The van der Waals surface area contributed by atoms with Crippen molar-refractivity contribution in [3.63, 3.8) is 0 Å². The minimum atomic E-state index is -0.363. The van der Waals surface area contributed by atoms with Gasteiger partial charge in [0, 0.05) is 21.8 Å². The number of benzene rings is 2. The lowest BCUT2D eigenvalue weighted by Crippen LogP contribution is -2.32. The van der Waals surface area contributed by atoms with Crippen LogP contribution in [0, 0.1) is 0 Å². The lowest BCUT2D eigenvalue weighted by Gasteiger charge is -2.10. The summed E-state index contributed by atoms with van der Waals surface area (Å²) < 4.78 is 12.9. The fraction of sp³-hybridized carbons (Fsp3) is 0.111. The van der Waals surface area contributed by atoms with E-state index in [1.165, 1.54) is 6.08 Å². The first-order chi connectivity index (χ1) is 12.8. The number of methoxy groups -OCH3 is 2. The van der Waals surface area contributed by atoms with Crippen molar-refractivity contribution < 1.29 is 14.3 Å². The van der Waals surface area contributed by atoms with E-state index in [1.54, 1.807) is 38.5 Å². The Kier molecular flexibility index (Phi) is 8.28. The lowest BCUT2D eigenvalue weighted by molar-refractivity contribution is -0.115. The number of thiocarbonyl (C=S) groups is 1. The lowest BCUT2D eigenvalue weighted by atomic mass is 10.2. The standard InChI is InChI=1S/C18H15Br3N2O3S/c1-25-15-5-4-12(9-13(15)20)22-18(27)23-16(24)6-3-10-7-11(19)8-14(21)17(10)26-2/h3-9H,1-2H3,(H2,22,23,24,27)/b6-3+. The van der Waals surface area contributed by atoms with E-state index in [0.29, 0.717) is 11.5 Å². The van der Waals surface area contributed by atoms with Crippen molar-refractivity contribution in [1.82, 2.24) is 5.32 Å². The summed E-state index contributed by atoms with van der Waals surface area (Å²) in [5.74, 6) is 0.969. The predicted octanol–water partition coefficient (Wildman–Crippen LogP) is 5.52. The number of halogens is 3. The number of amides is 1. The predicted molar refractivity (Wildman–Crippen MR) is 122 cm³/mol. The van der Waals surface area contributed by atoms with Gasteiger partial charge in [-0.25, -0.2) is 0 Å². The summed E-state index contributed by atoms with van der Waals surface area (Å²) >= 11 is 15.4. The molecule has 0 aliphatic carbocycles. The normalized spacial score (nSPS) is 10.6. The summed E-state index contributed by atoms with van der Waals surface area (Å²) in [5.41, 5.74) is 1.46. The molecule has 142 valence electrons. The van der Waals surface area contributed by atoms with Crippen molar-refractivity contribution in [2.45, 2.75) is 0 Å². The molecule has 0 spiro atoms. The first-order valence-electron chi connectivity index (χ1n) is 7.50. The molecule has 0 heterocycles. The van der Waals surface area contributed by atoms with Crippen LogP contribution in [0.1, 0.15) is 5.56 Å². The van der Waals surface area contributed by atoms with Crippen LogP contribution < -0.4 is 20.1 Å². The Morgan fingerprint density at radius 3 is 2.44 bits per heavy atom. The molecule has 9 heteroatoms. The summed E-state index contributed by atoms with van der Waals surface area (Å²) in [5, 5.41) is 5.73. The van der Waals surface area contributed by atoms with E-state index in [0.717, 1.165) is 24.7 Å². The van der Waals surface area contributed by atoms with Crippen LogP contribution in [0.3, 0.4) is 0 Å². The second kappa shape index (κ2) is 10.2. The largest absolute Gasteiger partial charge is 0.496 e. The Morgan fingerprint density at radius 2 is 1.81 bits per heavy atom. The highest BCUT2D eigenvalue weighted by molar-refractivity contribution is 9.11. The van der Waals surface area contributed by atoms with Gasteiger partial charge >= 0.3 is 0 Å². The average Bonchev–Trinajstić information content (AvgIpc) is 2.59. The van der Waals surface area contributed by atoms with Crippen LogP contribution in [0.5, 0.6) is 11.5 Å². The van der Waals surface area contributed by atoms with Gasteiger partial charge in [0.25, 0.3) is 0 Å². The van der Waals surface area contributed by atoms with E-state index < -0.39 is 0 Å². The van der Waals surface area contributed by atoms with Crippen LogP contribution in [-0.4, -0.2) is 25.2 Å². The maximum absolute atomic E-state index is 12.1. The van der Waals surface area contributed by atoms with Crippen LogP contribution in [-0.2, 0) is 4.79 Å². The quantitative estimate of drug-likeness (QED) is 0.362. The molecule has 2 rings (SSSR count). The highest BCUT2D eigenvalue weighted by Crippen LogP contribution is 2.33. The molecule has 2 N–H and O–H groups in total. The fourth-order valence-corrected chi connectivity index (χ4v) is 4.32. The molecule has 0 aliphatic rings. The average molecular weight is 579 g/mol. The monoisotopic (exact) mass is 576 g/mol. The molecule has 0 bridgehead atoms. The maximum Gasteiger partial charge on any atom is 0.250 e. The van der Waals surface area contributed by atoms with Gasteiger partial charge < -0.3 is 14.8 Å². The molecule has 2 aromatic rings. The number of rotatable bonds is 5. The first-order valence-corrected chi connectivity index (χ1v) is 10.3. The molecule has 1 amide bonds. The Balaban J connectivity index is 2.02. The Morgan fingerprint density at radius 1 is 1.07 bits per heavy atom. The zero-order chi connectivity index (χ0) is 20.0. The number of hydrogen-bond acceptors (Lipinski definition) is 4. The second-order valence-corrected chi connectivity index (χ2v) is 8.17. The Labute approximate surface area is 187 Å². The molecule has 5 nitrogen and oxygen atoms in total. The molecular weight excluding hydrogens is 564 g/mol. The fourth-order valence-electron chi connectivity index (χ4n) is 2.14. The van der Waals surface area contributed by atoms with Gasteiger partial charge in [0.2, 0.25) is 5.91 Å². The van der Waals surface area contributed by atoms with Gasteiger partial charge in [-0.2, -0.15) is 0 Å². The summed E-state index contributed by atoms with van der Waals surface area (Å²) in [4.78, 5) is 12.1. The zero-order valence-electron chi connectivity index (χ0n) is 14.3. The second-order valence-electron chi connectivity index (χ2n) is 5.14. The van der Waals surface area contributed by atoms with Crippen molar-refractivity contribution in [2.24, 2.45) is 0 Å². The van der Waals surface area contributed by atoms with Crippen molar-refractivity contribution in [3.05, 3.63) is 55.4 Å². The highest BCUT2D eigenvalue weighted by Gasteiger charge is 2.08. The van der Waals surface area contributed by atoms with Gasteiger partial charge in [0.05, 0.1) is 23.2 Å². The van der Waals surface area contributed by atoms with Crippen LogP contribution in [0.2, 0.25) is 0 Å². The van der Waals surface area contributed by atoms with Gasteiger partial charge in [0.15, 0.2) is 5.11 Å². The van der Waals surface area contributed by atoms with Crippen LogP contribution in [0.15, 0.2) is 49.8 Å². The third kappa shape index (κ3) is 6.31. The summed E-state index contributed by atoms with van der Waals surface area (Å²) in [6.45, 7) is 0. The molecular formula is C18H15Br3N2O3S. The smallest absolute Gasteiger partial charge is 0.250 e. The van der Waals surface area contributed by atoms with Gasteiger partial charge in [-0.15, -0.1) is 0 Å². The third-order valence-electron chi connectivity index (χ3n) is 3.30. The summed E-state index contributed by atoms with van der Waals surface area (Å²) in [6, 6.07) is 9.09. The maximum atomic E-state index is 12.1. The third-order valence-corrected chi connectivity index (χ3v) is 5.17.